The Morgan fingerprint density at radius 3 is 2.43 bits per heavy atom. The van der Waals surface area contributed by atoms with Crippen molar-refractivity contribution in [3.63, 3.8) is 0 Å². The van der Waals surface area contributed by atoms with Gasteiger partial charge in [-0.2, -0.15) is 0 Å². The molecule has 1 aromatic heterocycles. The minimum Gasteiger partial charge on any atom is -0.502 e. The van der Waals surface area contributed by atoms with Crippen molar-refractivity contribution >= 4 is 23.3 Å². The first-order valence-electron chi connectivity index (χ1n) is 11.8. The van der Waals surface area contributed by atoms with E-state index < -0.39 is 28.9 Å². The lowest BCUT2D eigenvalue weighted by Gasteiger charge is -2.36. The number of aromatic hydroxyl groups is 1. The standard InChI is InChI=1S/C27H28ClFN2O6/c1-35-19-6-4-18(5-7-19)31-11-9-30(10-12-31)16-20-14-24(32)26(34)27(37-20)21(15-25(33)36-2)17-3-8-23(29)22(28)13-17/h3-8,13-14,21,34H,9-12,15-16H2,1-2H3. The molecule has 0 amide bonds. The van der Waals surface area contributed by atoms with Crippen LogP contribution >= 0.6 is 11.6 Å². The number of piperazine rings is 1. The third-order valence-electron chi connectivity index (χ3n) is 6.45. The van der Waals surface area contributed by atoms with E-state index in [1.807, 2.05) is 24.3 Å². The Morgan fingerprint density at radius 1 is 1.11 bits per heavy atom. The van der Waals surface area contributed by atoms with E-state index in [9.17, 15) is 19.1 Å². The molecule has 37 heavy (non-hydrogen) atoms. The molecule has 2 heterocycles. The molecule has 0 radical (unpaired) electrons. The van der Waals surface area contributed by atoms with Gasteiger partial charge in [-0.3, -0.25) is 14.5 Å². The number of hydrogen-bond donors (Lipinski definition) is 1. The van der Waals surface area contributed by atoms with Crippen LogP contribution in [-0.2, 0) is 16.1 Å². The van der Waals surface area contributed by atoms with E-state index in [1.165, 1.54) is 25.3 Å². The third kappa shape index (κ3) is 6.23. The van der Waals surface area contributed by atoms with Gasteiger partial charge in [-0.05, 0) is 42.0 Å². The van der Waals surface area contributed by atoms with E-state index >= 15 is 0 Å². The van der Waals surface area contributed by atoms with Gasteiger partial charge in [0.05, 0.1) is 38.1 Å². The summed E-state index contributed by atoms with van der Waals surface area (Å²) in [6.45, 7) is 3.35. The maximum atomic E-state index is 13.8. The summed E-state index contributed by atoms with van der Waals surface area (Å²) in [6.07, 6.45) is -0.237. The number of hydrogen-bond acceptors (Lipinski definition) is 8. The number of carbonyl (C=O) groups is 1. The fraction of sp³-hybridized carbons (Fsp3) is 0.333. The van der Waals surface area contributed by atoms with Gasteiger partial charge in [-0.25, -0.2) is 4.39 Å². The molecule has 10 heteroatoms. The number of carbonyl (C=O) groups excluding carboxylic acids is 1. The summed E-state index contributed by atoms with van der Waals surface area (Å²) >= 11 is 5.96. The maximum Gasteiger partial charge on any atom is 0.306 e. The Balaban J connectivity index is 1.54. The zero-order valence-corrected chi connectivity index (χ0v) is 21.3. The molecule has 1 aliphatic heterocycles. The first-order valence-corrected chi connectivity index (χ1v) is 12.2. The van der Waals surface area contributed by atoms with Crippen LogP contribution in [0.4, 0.5) is 10.1 Å². The average Bonchev–Trinajstić information content (AvgIpc) is 2.91. The van der Waals surface area contributed by atoms with Crippen molar-refractivity contribution in [3.05, 3.63) is 86.7 Å². The first-order chi connectivity index (χ1) is 17.8. The molecule has 1 N–H and O–H groups in total. The number of anilines is 1. The first kappa shape index (κ1) is 26.5. The van der Waals surface area contributed by atoms with Crippen molar-refractivity contribution in [3.8, 4) is 11.5 Å². The highest BCUT2D eigenvalue weighted by atomic mass is 35.5. The summed E-state index contributed by atoms with van der Waals surface area (Å²) in [5, 5.41) is 10.4. The van der Waals surface area contributed by atoms with Gasteiger partial charge >= 0.3 is 5.97 Å². The SMILES string of the molecule is COC(=O)CC(c1ccc(F)c(Cl)c1)c1oc(CN2CCN(c3ccc(OC)cc3)CC2)cc(=O)c1O. The second-order valence-corrected chi connectivity index (χ2v) is 9.16. The molecular weight excluding hydrogens is 503 g/mol. The topological polar surface area (TPSA) is 92.5 Å². The van der Waals surface area contributed by atoms with Gasteiger partial charge in [0.15, 0.2) is 5.76 Å². The Hall–Kier alpha value is -3.56. The zero-order valence-electron chi connectivity index (χ0n) is 20.6. The number of esters is 1. The van der Waals surface area contributed by atoms with Crippen molar-refractivity contribution in [2.45, 2.75) is 18.9 Å². The highest BCUT2D eigenvalue weighted by molar-refractivity contribution is 6.30. The molecule has 1 saturated heterocycles. The van der Waals surface area contributed by atoms with E-state index in [-0.39, 0.29) is 17.2 Å². The van der Waals surface area contributed by atoms with Crippen LogP contribution < -0.4 is 15.1 Å². The highest BCUT2D eigenvalue weighted by Crippen LogP contribution is 2.35. The molecule has 8 nitrogen and oxygen atoms in total. The lowest BCUT2D eigenvalue weighted by atomic mass is 9.92. The molecule has 1 fully saturated rings. The van der Waals surface area contributed by atoms with E-state index in [4.69, 9.17) is 25.5 Å². The number of benzene rings is 2. The van der Waals surface area contributed by atoms with Crippen LogP contribution in [0.1, 0.15) is 29.4 Å². The van der Waals surface area contributed by atoms with Gasteiger partial charge < -0.3 is 23.9 Å². The van der Waals surface area contributed by atoms with Gasteiger partial charge in [0.25, 0.3) is 0 Å². The van der Waals surface area contributed by atoms with Gasteiger partial charge in [0.1, 0.15) is 17.3 Å². The fourth-order valence-electron chi connectivity index (χ4n) is 4.39. The van der Waals surface area contributed by atoms with Crippen LogP contribution in [0.2, 0.25) is 5.02 Å². The van der Waals surface area contributed by atoms with Crippen molar-refractivity contribution < 1.29 is 28.2 Å². The largest absolute Gasteiger partial charge is 0.502 e. The van der Waals surface area contributed by atoms with Crippen LogP contribution in [0, 0.1) is 5.82 Å². The Morgan fingerprint density at radius 2 is 1.81 bits per heavy atom. The highest BCUT2D eigenvalue weighted by Gasteiger charge is 2.28. The number of nitrogens with zero attached hydrogens (tertiary/aromatic N) is 2. The fourth-order valence-corrected chi connectivity index (χ4v) is 4.58. The molecule has 0 saturated carbocycles. The molecule has 1 unspecified atom stereocenters. The quantitative estimate of drug-likeness (QED) is 0.434. The number of halogens is 2. The summed E-state index contributed by atoms with van der Waals surface area (Å²) in [4.78, 5) is 29.2. The maximum absolute atomic E-state index is 13.8. The molecule has 0 bridgehead atoms. The summed E-state index contributed by atoms with van der Waals surface area (Å²) in [5.41, 5.74) is 0.874. The second kappa shape index (κ2) is 11.7. The third-order valence-corrected chi connectivity index (χ3v) is 6.74. The minimum absolute atomic E-state index is 0.0903. The monoisotopic (exact) mass is 530 g/mol. The van der Waals surface area contributed by atoms with Gasteiger partial charge in [0, 0.05) is 37.9 Å². The predicted molar refractivity (Wildman–Crippen MR) is 137 cm³/mol. The predicted octanol–water partition coefficient (Wildman–Crippen LogP) is 4.16. The van der Waals surface area contributed by atoms with Crippen molar-refractivity contribution in [2.75, 3.05) is 45.3 Å². The van der Waals surface area contributed by atoms with Crippen LogP contribution in [-0.4, -0.2) is 56.4 Å². The van der Waals surface area contributed by atoms with Gasteiger partial charge in [-0.15, -0.1) is 0 Å². The molecule has 1 aliphatic rings. The Bertz CT molecular complexity index is 1310. The molecule has 0 aliphatic carbocycles. The number of rotatable bonds is 8. The molecule has 3 aromatic rings. The zero-order chi connectivity index (χ0) is 26.5. The molecule has 1 atom stereocenters. The van der Waals surface area contributed by atoms with Gasteiger partial charge in [-0.1, -0.05) is 17.7 Å². The number of ether oxygens (including phenoxy) is 2. The van der Waals surface area contributed by atoms with Crippen molar-refractivity contribution in [2.24, 2.45) is 0 Å². The smallest absolute Gasteiger partial charge is 0.306 e. The van der Waals surface area contributed by atoms with Gasteiger partial charge in [0.2, 0.25) is 11.2 Å². The summed E-state index contributed by atoms with van der Waals surface area (Å²) in [7, 11) is 2.86. The summed E-state index contributed by atoms with van der Waals surface area (Å²) < 4.78 is 29.8. The van der Waals surface area contributed by atoms with Crippen LogP contribution in [0.3, 0.4) is 0 Å². The van der Waals surface area contributed by atoms with Crippen LogP contribution in [0.5, 0.6) is 11.5 Å². The average molecular weight is 531 g/mol. The van der Waals surface area contributed by atoms with E-state index in [0.29, 0.717) is 17.9 Å². The Kier molecular flexibility index (Phi) is 8.35. The molecule has 196 valence electrons. The molecule has 2 aromatic carbocycles. The summed E-state index contributed by atoms with van der Waals surface area (Å²) in [6, 6.07) is 13.1. The molecule has 0 spiro atoms. The van der Waals surface area contributed by atoms with Crippen molar-refractivity contribution in [1.29, 1.82) is 0 Å². The second-order valence-electron chi connectivity index (χ2n) is 8.76. The number of methoxy groups -OCH3 is 2. The Labute approximate surface area is 218 Å². The van der Waals surface area contributed by atoms with Crippen molar-refractivity contribution in [1.82, 2.24) is 4.90 Å². The van der Waals surface area contributed by atoms with E-state index in [0.717, 1.165) is 43.7 Å². The molecular formula is C27H28ClFN2O6. The van der Waals surface area contributed by atoms with Crippen LogP contribution in [0.15, 0.2) is 57.7 Å². The van der Waals surface area contributed by atoms with E-state index in [1.54, 1.807) is 7.11 Å². The lowest BCUT2D eigenvalue weighted by Crippen LogP contribution is -2.46. The normalized spacial score (nSPS) is 14.9. The van der Waals surface area contributed by atoms with Crippen LogP contribution in [0.25, 0.3) is 0 Å². The van der Waals surface area contributed by atoms with E-state index in [2.05, 4.69) is 9.80 Å². The minimum atomic E-state index is -0.898. The summed E-state index contributed by atoms with van der Waals surface area (Å²) in [5.74, 6) is -1.67. The molecule has 4 rings (SSSR count). The lowest BCUT2D eigenvalue weighted by molar-refractivity contribution is -0.140.